The lowest BCUT2D eigenvalue weighted by atomic mass is 10.2. The number of pyridine rings is 1. The van der Waals surface area contributed by atoms with Gasteiger partial charge in [-0.25, -0.2) is 0 Å². The van der Waals surface area contributed by atoms with Crippen molar-refractivity contribution in [3.05, 3.63) is 53.7 Å². The summed E-state index contributed by atoms with van der Waals surface area (Å²) in [6.45, 7) is 2.74. The van der Waals surface area contributed by atoms with Crippen LogP contribution in [0.4, 0.5) is 0 Å². The summed E-state index contributed by atoms with van der Waals surface area (Å²) in [6, 6.07) is 9.14. The van der Waals surface area contributed by atoms with Gasteiger partial charge in [-0.3, -0.25) is 14.6 Å². The number of hydrogen-bond donors (Lipinski definition) is 1. The van der Waals surface area contributed by atoms with Gasteiger partial charge in [-0.05, 0) is 50.5 Å². The van der Waals surface area contributed by atoms with Gasteiger partial charge in [0.2, 0.25) is 0 Å². The summed E-state index contributed by atoms with van der Waals surface area (Å²) in [7, 11) is 0. The third kappa shape index (κ3) is 6.24. The Kier molecular flexibility index (Phi) is 7.01. The van der Waals surface area contributed by atoms with E-state index < -0.39 is 0 Å². The maximum atomic E-state index is 11.6. The number of esters is 1. The van der Waals surface area contributed by atoms with Crippen molar-refractivity contribution >= 4 is 11.9 Å². The van der Waals surface area contributed by atoms with Gasteiger partial charge in [-0.2, -0.15) is 0 Å². The molecule has 0 fully saturated rings. The third-order valence-electron chi connectivity index (χ3n) is 3.37. The van der Waals surface area contributed by atoms with E-state index in [0.29, 0.717) is 19.6 Å². The van der Waals surface area contributed by atoms with Crippen LogP contribution in [-0.4, -0.2) is 30.0 Å². The van der Waals surface area contributed by atoms with E-state index in [-0.39, 0.29) is 24.1 Å². The molecule has 0 aliphatic carbocycles. The van der Waals surface area contributed by atoms with Crippen LogP contribution in [0.5, 0.6) is 0 Å². The van der Waals surface area contributed by atoms with E-state index in [9.17, 15) is 9.59 Å². The zero-order chi connectivity index (χ0) is 17.2. The van der Waals surface area contributed by atoms with Gasteiger partial charge in [0, 0.05) is 24.4 Å². The van der Waals surface area contributed by atoms with Crippen molar-refractivity contribution in [3.63, 3.8) is 0 Å². The van der Waals surface area contributed by atoms with Gasteiger partial charge < -0.3 is 14.5 Å². The fourth-order valence-electron chi connectivity index (χ4n) is 2.18. The molecule has 1 amide bonds. The van der Waals surface area contributed by atoms with Crippen LogP contribution in [0.3, 0.4) is 0 Å². The van der Waals surface area contributed by atoms with E-state index in [2.05, 4.69) is 10.3 Å². The first-order valence-electron chi connectivity index (χ1n) is 8.05. The van der Waals surface area contributed by atoms with E-state index in [0.717, 1.165) is 24.2 Å². The Labute approximate surface area is 141 Å². The van der Waals surface area contributed by atoms with Crippen molar-refractivity contribution in [2.45, 2.75) is 32.6 Å². The molecule has 0 bridgehead atoms. The second kappa shape index (κ2) is 9.50. The van der Waals surface area contributed by atoms with Crippen LogP contribution in [0.25, 0.3) is 0 Å². The van der Waals surface area contributed by atoms with Crippen molar-refractivity contribution in [3.8, 4) is 0 Å². The predicted molar refractivity (Wildman–Crippen MR) is 88.5 cm³/mol. The number of furan rings is 1. The van der Waals surface area contributed by atoms with Crippen LogP contribution in [-0.2, 0) is 16.0 Å². The predicted octanol–water partition coefficient (Wildman–Crippen LogP) is 2.67. The lowest BCUT2D eigenvalue weighted by molar-refractivity contribution is -0.143. The molecule has 2 aromatic heterocycles. The number of aromatic nitrogens is 1. The molecule has 1 N–H and O–H groups in total. The zero-order valence-corrected chi connectivity index (χ0v) is 13.8. The summed E-state index contributed by atoms with van der Waals surface area (Å²) in [6.07, 6.45) is 3.79. The van der Waals surface area contributed by atoms with Gasteiger partial charge in [0.05, 0.1) is 12.9 Å². The van der Waals surface area contributed by atoms with Crippen LogP contribution in [0.15, 0.2) is 41.0 Å². The molecule has 0 aliphatic rings. The van der Waals surface area contributed by atoms with Crippen molar-refractivity contribution in [2.75, 3.05) is 13.2 Å². The van der Waals surface area contributed by atoms with Gasteiger partial charge in [0.1, 0.15) is 0 Å². The first-order valence-corrected chi connectivity index (χ1v) is 8.05. The molecule has 0 aliphatic heterocycles. The largest absolute Gasteiger partial charge is 0.466 e. The van der Waals surface area contributed by atoms with Gasteiger partial charge in [0.25, 0.3) is 5.91 Å². The SMILES string of the molecule is Cc1cccc(CCCOC(=O)CCCNC(=O)c2ccco2)n1. The average molecular weight is 330 g/mol. The highest BCUT2D eigenvalue weighted by Gasteiger charge is 2.08. The Balaban J connectivity index is 1.51. The molecule has 0 saturated heterocycles. The second-order valence-corrected chi connectivity index (χ2v) is 5.43. The lowest BCUT2D eigenvalue weighted by Gasteiger charge is -2.06. The minimum absolute atomic E-state index is 0.251. The topological polar surface area (TPSA) is 81.4 Å². The van der Waals surface area contributed by atoms with Crippen molar-refractivity contribution < 1.29 is 18.7 Å². The quantitative estimate of drug-likeness (QED) is 0.565. The Hall–Kier alpha value is -2.63. The smallest absolute Gasteiger partial charge is 0.305 e. The summed E-state index contributed by atoms with van der Waals surface area (Å²) in [5.41, 5.74) is 1.99. The monoisotopic (exact) mass is 330 g/mol. The lowest BCUT2D eigenvalue weighted by Crippen LogP contribution is -2.24. The Morgan fingerprint density at radius 3 is 2.83 bits per heavy atom. The molecule has 0 spiro atoms. The Morgan fingerprint density at radius 2 is 2.08 bits per heavy atom. The minimum Gasteiger partial charge on any atom is -0.466 e. The van der Waals surface area contributed by atoms with Crippen LogP contribution in [0.1, 0.15) is 41.2 Å². The molecule has 0 unspecified atom stereocenters. The molecule has 0 atom stereocenters. The van der Waals surface area contributed by atoms with E-state index in [1.807, 2.05) is 25.1 Å². The second-order valence-electron chi connectivity index (χ2n) is 5.43. The van der Waals surface area contributed by atoms with E-state index in [1.165, 1.54) is 6.26 Å². The van der Waals surface area contributed by atoms with Gasteiger partial charge >= 0.3 is 5.97 Å². The fourth-order valence-corrected chi connectivity index (χ4v) is 2.18. The number of aryl methyl sites for hydroxylation is 2. The maximum absolute atomic E-state index is 11.6. The van der Waals surface area contributed by atoms with E-state index in [1.54, 1.807) is 12.1 Å². The molecule has 0 radical (unpaired) electrons. The number of hydrogen-bond acceptors (Lipinski definition) is 5. The summed E-state index contributed by atoms with van der Waals surface area (Å²) in [4.78, 5) is 27.6. The number of amides is 1. The van der Waals surface area contributed by atoms with Crippen LogP contribution >= 0.6 is 0 Å². The molecule has 2 heterocycles. The molecule has 2 aromatic rings. The van der Waals surface area contributed by atoms with E-state index in [4.69, 9.17) is 9.15 Å². The van der Waals surface area contributed by atoms with Crippen LogP contribution in [0, 0.1) is 6.92 Å². The number of ether oxygens (including phenoxy) is 1. The van der Waals surface area contributed by atoms with Crippen LogP contribution in [0.2, 0.25) is 0 Å². The van der Waals surface area contributed by atoms with E-state index >= 15 is 0 Å². The zero-order valence-electron chi connectivity index (χ0n) is 13.8. The van der Waals surface area contributed by atoms with Gasteiger partial charge in [0.15, 0.2) is 5.76 Å². The van der Waals surface area contributed by atoms with Gasteiger partial charge in [-0.1, -0.05) is 6.07 Å². The van der Waals surface area contributed by atoms with Gasteiger partial charge in [-0.15, -0.1) is 0 Å². The van der Waals surface area contributed by atoms with Crippen LogP contribution < -0.4 is 5.32 Å². The summed E-state index contributed by atoms with van der Waals surface area (Å²) >= 11 is 0. The number of rotatable bonds is 9. The molecular formula is C18H22N2O4. The Bertz CT molecular complexity index is 653. The first kappa shape index (κ1) is 17.7. The number of carbonyl (C=O) groups excluding carboxylic acids is 2. The number of nitrogens with one attached hydrogen (secondary N) is 1. The molecule has 2 rings (SSSR count). The summed E-state index contributed by atoms with van der Waals surface area (Å²) in [5, 5.41) is 2.69. The molecular weight excluding hydrogens is 308 g/mol. The molecule has 24 heavy (non-hydrogen) atoms. The third-order valence-corrected chi connectivity index (χ3v) is 3.37. The molecule has 0 aromatic carbocycles. The normalized spacial score (nSPS) is 10.4. The van der Waals surface area contributed by atoms with Crippen molar-refractivity contribution in [1.29, 1.82) is 0 Å². The first-order chi connectivity index (χ1) is 11.6. The highest BCUT2D eigenvalue weighted by atomic mass is 16.5. The number of nitrogens with zero attached hydrogens (tertiary/aromatic N) is 1. The fraction of sp³-hybridized carbons (Fsp3) is 0.389. The standard InChI is InChI=1S/C18H22N2O4/c1-14-6-2-7-15(20-14)8-4-13-24-17(21)10-3-11-19-18(22)16-9-5-12-23-16/h2,5-7,9,12H,3-4,8,10-11,13H2,1H3,(H,19,22). The highest BCUT2D eigenvalue weighted by Crippen LogP contribution is 2.03. The Morgan fingerprint density at radius 1 is 1.21 bits per heavy atom. The summed E-state index contributed by atoms with van der Waals surface area (Å²) < 4.78 is 10.1. The highest BCUT2D eigenvalue weighted by molar-refractivity contribution is 5.91. The molecule has 128 valence electrons. The van der Waals surface area contributed by atoms with Crippen molar-refractivity contribution in [1.82, 2.24) is 10.3 Å². The average Bonchev–Trinajstić information content (AvgIpc) is 3.10. The molecule has 0 saturated carbocycles. The molecule has 6 heteroatoms. The molecule has 6 nitrogen and oxygen atoms in total. The van der Waals surface area contributed by atoms with Crippen molar-refractivity contribution in [2.24, 2.45) is 0 Å². The minimum atomic E-state index is -0.279. The number of carbonyl (C=O) groups is 2. The summed E-state index contributed by atoms with van der Waals surface area (Å²) in [5.74, 6) is -0.263. The maximum Gasteiger partial charge on any atom is 0.305 e.